The predicted octanol–water partition coefficient (Wildman–Crippen LogP) is 1.81. The number of thioether (sulfide) groups is 1. The third-order valence-corrected chi connectivity index (χ3v) is 7.30. The van der Waals surface area contributed by atoms with Crippen LogP contribution >= 0.6 is 24.0 Å². The number of hydrogen-bond donors (Lipinski definition) is 1. The molecule has 2 fully saturated rings. The van der Waals surface area contributed by atoms with Gasteiger partial charge in [-0.05, 0) is 31.6 Å². The van der Waals surface area contributed by atoms with Gasteiger partial charge in [-0.2, -0.15) is 0 Å². The van der Waals surface area contributed by atoms with Crippen LogP contribution in [-0.2, 0) is 4.79 Å². The Hall–Kier alpha value is -2.27. The number of pyridine rings is 1. The summed E-state index contributed by atoms with van der Waals surface area (Å²) >= 11 is 6.69. The summed E-state index contributed by atoms with van der Waals surface area (Å²) in [5.41, 5.74) is 0.751. The SMILES string of the molecule is CCC(C)N1C(=O)C(=Cc2c(N3CCN(CCO)CC3)nc3ccccn3c2=O)SC1=S. The highest BCUT2D eigenvalue weighted by molar-refractivity contribution is 8.26. The van der Waals surface area contributed by atoms with E-state index in [2.05, 4.69) is 9.80 Å². The van der Waals surface area contributed by atoms with Crippen molar-refractivity contribution >= 4 is 51.7 Å². The molecule has 2 aromatic rings. The van der Waals surface area contributed by atoms with Gasteiger partial charge in [0, 0.05) is 45.0 Å². The number of rotatable bonds is 6. The van der Waals surface area contributed by atoms with Crippen molar-refractivity contribution in [2.24, 2.45) is 0 Å². The molecule has 0 radical (unpaired) electrons. The zero-order valence-electron chi connectivity index (χ0n) is 18.2. The van der Waals surface area contributed by atoms with Gasteiger partial charge in [-0.25, -0.2) is 4.98 Å². The fraction of sp³-hybridized carbons (Fsp3) is 0.455. The van der Waals surface area contributed by atoms with Crippen LogP contribution < -0.4 is 10.5 Å². The molecule has 32 heavy (non-hydrogen) atoms. The highest BCUT2D eigenvalue weighted by Crippen LogP contribution is 2.35. The summed E-state index contributed by atoms with van der Waals surface area (Å²) in [7, 11) is 0. The molecule has 8 nitrogen and oxygen atoms in total. The molecule has 1 atom stereocenters. The first-order chi connectivity index (χ1) is 15.4. The van der Waals surface area contributed by atoms with E-state index in [9.17, 15) is 14.7 Å². The number of aliphatic hydroxyl groups is 1. The maximum atomic E-state index is 13.4. The molecule has 0 aromatic carbocycles. The van der Waals surface area contributed by atoms with E-state index in [1.807, 2.05) is 19.9 Å². The molecule has 0 spiro atoms. The van der Waals surface area contributed by atoms with Crippen LogP contribution in [0.25, 0.3) is 11.7 Å². The molecule has 2 aliphatic rings. The third-order valence-electron chi connectivity index (χ3n) is 5.97. The number of carbonyl (C=O) groups is 1. The van der Waals surface area contributed by atoms with Crippen LogP contribution in [0.15, 0.2) is 34.1 Å². The topological polar surface area (TPSA) is 81.4 Å². The number of piperazine rings is 1. The second kappa shape index (κ2) is 9.70. The number of nitrogens with zero attached hydrogens (tertiary/aromatic N) is 5. The maximum Gasteiger partial charge on any atom is 0.267 e. The molecule has 0 aliphatic carbocycles. The van der Waals surface area contributed by atoms with Crippen molar-refractivity contribution in [2.45, 2.75) is 26.3 Å². The minimum Gasteiger partial charge on any atom is -0.395 e. The molecule has 4 heterocycles. The van der Waals surface area contributed by atoms with E-state index >= 15 is 0 Å². The van der Waals surface area contributed by atoms with Crippen LogP contribution in [-0.4, -0.2) is 79.9 Å². The predicted molar refractivity (Wildman–Crippen MR) is 132 cm³/mol. The second-order valence-electron chi connectivity index (χ2n) is 7.94. The lowest BCUT2D eigenvalue weighted by Gasteiger charge is -2.35. The standard InChI is InChI=1S/C22H27N5O3S2/c1-3-15(2)27-21(30)17(32-22(27)31)14-16-19(25-10-8-24(9-11-25)12-13-28)23-18-6-4-5-7-26(18)20(16)29/h4-7,14-15,28H,3,8-13H2,1-2H3. The minimum absolute atomic E-state index is 0.00305. The molecule has 0 bridgehead atoms. The fourth-order valence-corrected chi connectivity index (χ4v) is 5.40. The van der Waals surface area contributed by atoms with Crippen LogP contribution in [0.1, 0.15) is 25.8 Å². The first kappa shape index (κ1) is 22.9. The molecule has 4 rings (SSSR count). The lowest BCUT2D eigenvalue weighted by Crippen LogP contribution is -2.48. The first-order valence-electron chi connectivity index (χ1n) is 10.8. The van der Waals surface area contributed by atoms with Crippen LogP contribution in [0.4, 0.5) is 5.82 Å². The molecular weight excluding hydrogens is 446 g/mol. The molecule has 2 saturated heterocycles. The van der Waals surface area contributed by atoms with E-state index in [4.69, 9.17) is 17.2 Å². The Morgan fingerprint density at radius 3 is 2.69 bits per heavy atom. The number of fused-ring (bicyclic) bond motifs is 1. The number of β-amino-alcohol motifs (C(OH)–C–C–N with tert-alkyl or cyclic N) is 1. The Bertz CT molecular complexity index is 1120. The Balaban J connectivity index is 1.77. The summed E-state index contributed by atoms with van der Waals surface area (Å²) in [6.45, 7) is 7.65. The van der Waals surface area contributed by atoms with Gasteiger partial charge in [-0.3, -0.25) is 23.8 Å². The number of anilines is 1. The van der Waals surface area contributed by atoms with Gasteiger partial charge in [0.1, 0.15) is 15.8 Å². The van der Waals surface area contributed by atoms with Gasteiger partial charge in [0.15, 0.2) is 0 Å². The number of aromatic nitrogens is 2. The molecule has 2 aromatic heterocycles. The third kappa shape index (κ3) is 4.32. The molecule has 1 unspecified atom stereocenters. The molecule has 1 N–H and O–H groups in total. The zero-order chi connectivity index (χ0) is 22.8. The van der Waals surface area contributed by atoms with Gasteiger partial charge < -0.3 is 10.0 Å². The Morgan fingerprint density at radius 1 is 1.25 bits per heavy atom. The van der Waals surface area contributed by atoms with Gasteiger partial charge in [0.25, 0.3) is 11.5 Å². The summed E-state index contributed by atoms with van der Waals surface area (Å²) in [6.07, 6.45) is 4.14. The zero-order valence-corrected chi connectivity index (χ0v) is 19.9. The highest BCUT2D eigenvalue weighted by atomic mass is 32.2. The van der Waals surface area contributed by atoms with Gasteiger partial charge in [-0.1, -0.05) is 37.0 Å². The van der Waals surface area contributed by atoms with Crippen LogP contribution in [0.3, 0.4) is 0 Å². The van der Waals surface area contributed by atoms with Crippen LogP contribution in [0, 0.1) is 0 Å². The Morgan fingerprint density at radius 2 is 2.00 bits per heavy atom. The maximum absolute atomic E-state index is 13.4. The van der Waals surface area contributed by atoms with E-state index in [1.54, 1.807) is 29.3 Å². The molecular formula is C22H27N5O3S2. The fourth-order valence-electron chi connectivity index (χ4n) is 3.96. The number of carbonyl (C=O) groups excluding carboxylic acids is 1. The van der Waals surface area contributed by atoms with Crippen LogP contribution in [0.2, 0.25) is 0 Å². The largest absolute Gasteiger partial charge is 0.395 e. The summed E-state index contributed by atoms with van der Waals surface area (Å²) in [5.74, 6) is 0.421. The molecule has 1 amide bonds. The molecule has 0 saturated carbocycles. The summed E-state index contributed by atoms with van der Waals surface area (Å²) in [4.78, 5) is 37.7. The van der Waals surface area contributed by atoms with E-state index in [0.717, 1.165) is 19.5 Å². The van der Waals surface area contributed by atoms with Crippen molar-refractivity contribution in [3.8, 4) is 0 Å². The van der Waals surface area contributed by atoms with E-state index < -0.39 is 0 Å². The monoisotopic (exact) mass is 473 g/mol. The summed E-state index contributed by atoms with van der Waals surface area (Å²) < 4.78 is 2.02. The Kier molecular flexibility index (Phi) is 6.94. The van der Waals surface area contributed by atoms with Gasteiger partial charge in [-0.15, -0.1) is 0 Å². The number of hydrogen-bond acceptors (Lipinski definition) is 8. The van der Waals surface area contributed by atoms with E-state index in [0.29, 0.717) is 45.9 Å². The molecule has 10 heteroatoms. The quantitative estimate of drug-likeness (QED) is 0.503. The molecule has 170 valence electrons. The van der Waals surface area contributed by atoms with Crippen LogP contribution in [0.5, 0.6) is 0 Å². The summed E-state index contributed by atoms with van der Waals surface area (Å²) in [5, 5.41) is 9.22. The number of aliphatic hydroxyl groups excluding tert-OH is 1. The normalized spacial score (nSPS) is 20.0. The van der Waals surface area contributed by atoms with E-state index in [-0.39, 0.29) is 24.1 Å². The summed E-state index contributed by atoms with van der Waals surface area (Å²) in [6, 6.07) is 5.44. The first-order valence-corrected chi connectivity index (χ1v) is 12.0. The lowest BCUT2D eigenvalue weighted by atomic mass is 10.2. The smallest absolute Gasteiger partial charge is 0.267 e. The van der Waals surface area contributed by atoms with Crippen molar-refractivity contribution in [1.82, 2.24) is 19.2 Å². The Labute approximate surface area is 196 Å². The van der Waals surface area contributed by atoms with Crippen molar-refractivity contribution in [2.75, 3.05) is 44.2 Å². The van der Waals surface area contributed by atoms with Crippen molar-refractivity contribution in [1.29, 1.82) is 0 Å². The number of thiocarbonyl (C=S) groups is 1. The number of amides is 1. The highest BCUT2D eigenvalue weighted by Gasteiger charge is 2.35. The average Bonchev–Trinajstić information content (AvgIpc) is 3.08. The van der Waals surface area contributed by atoms with Gasteiger partial charge >= 0.3 is 0 Å². The van der Waals surface area contributed by atoms with Crippen molar-refractivity contribution < 1.29 is 9.90 Å². The van der Waals surface area contributed by atoms with Crippen molar-refractivity contribution in [3.05, 3.63) is 45.2 Å². The van der Waals surface area contributed by atoms with Gasteiger partial charge in [0.05, 0.1) is 17.1 Å². The van der Waals surface area contributed by atoms with Gasteiger partial charge in [0.2, 0.25) is 0 Å². The second-order valence-corrected chi connectivity index (χ2v) is 9.62. The van der Waals surface area contributed by atoms with E-state index in [1.165, 1.54) is 16.2 Å². The lowest BCUT2D eigenvalue weighted by molar-refractivity contribution is -0.123. The molecule has 2 aliphatic heterocycles. The average molecular weight is 474 g/mol. The minimum atomic E-state index is -0.211. The van der Waals surface area contributed by atoms with Crippen molar-refractivity contribution in [3.63, 3.8) is 0 Å².